The molecule has 28 heavy (non-hydrogen) atoms. The van der Waals surface area contributed by atoms with E-state index in [1.807, 2.05) is 27.7 Å². The van der Waals surface area contributed by atoms with Gasteiger partial charge in [0, 0.05) is 0 Å². The lowest BCUT2D eigenvalue weighted by Crippen LogP contribution is -2.34. The lowest BCUT2D eigenvalue weighted by molar-refractivity contribution is 0.186. The molecular weight excluding hydrogens is 340 g/mol. The first kappa shape index (κ1) is 24.4. The number of nitrogens with one attached hydrogen (secondary N) is 1. The van der Waals surface area contributed by atoms with Gasteiger partial charge in [0.1, 0.15) is 0 Å². The summed E-state index contributed by atoms with van der Waals surface area (Å²) in [6.45, 7) is 15.1. The molecule has 0 radical (unpaired) electrons. The first-order chi connectivity index (χ1) is 13.9. The van der Waals surface area contributed by atoms with E-state index in [0.29, 0.717) is 6.04 Å². The molecule has 1 aliphatic rings. The van der Waals surface area contributed by atoms with Crippen molar-refractivity contribution in [1.29, 1.82) is 0 Å². The fourth-order valence-corrected chi connectivity index (χ4v) is 3.74. The zero-order valence-corrected chi connectivity index (χ0v) is 18.8. The van der Waals surface area contributed by atoms with Gasteiger partial charge < -0.3 is 10.2 Å². The minimum atomic E-state index is 0.295. The summed E-state index contributed by atoms with van der Waals surface area (Å²) < 4.78 is 0. The van der Waals surface area contributed by atoms with E-state index < -0.39 is 0 Å². The number of likely N-dealkylation sites (tertiary alicyclic amines) is 1. The maximum Gasteiger partial charge on any atom is 0.0576 e. The molecule has 2 heteroatoms. The average molecular weight is 383 g/mol. The van der Waals surface area contributed by atoms with Crippen LogP contribution in [-0.4, -0.2) is 31.1 Å². The fourth-order valence-electron chi connectivity index (χ4n) is 3.74. The highest BCUT2D eigenvalue weighted by molar-refractivity contribution is 5.31. The normalized spacial score (nSPS) is 14.6. The molecule has 0 unspecified atom stereocenters. The monoisotopic (exact) mass is 382 g/mol. The molecule has 0 bridgehead atoms. The van der Waals surface area contributed by atoms with Crippen LogP contribution in [0.15, 0.2) is 60.7 Å². The Kier molecular flexibility index (Phi) is 13.3. The van der Waals surface area contributed by atoms with Crippen LogP contribution in [0, 0.1) is 5.92 Å². The maximum atomic E-state index is 3.81. The van der Waals surface area contributed by atoms with Gasteiger partial charge >= 0.3 is 0 Å². The molecule has 0 aliphatic carbocycles. The molecule has 156 valence electrons. The summed E-state index contributed by atoms with van der Waals surface area (Å²) in [5.74, 6) is 0.882. The standard InChI is InChI=1S/C22H30N2.2C2H6/c1-2-24-17-14-19(15-18-24)13-16-23-22(20-9-5-3-6-10-20)21-11-7-4-8-12-21;2*1-2/h3-12,19,22-23H,2,13-18H2,1H3;2*1-2H3. The Balaban J connectivity index is 0.000000921. The average Bonchev–Trinajstić information content (AvgIpc) is 2.81. The van der Waals surface area contributed by atoms with Crippen LogP contribution >= 0.6 is 0 Å². The first-order valence-electron chi connectivity index (χ1n) is 11.4. The van der Waals surface area contributed by atoms with Crippen molar-refractivity contribution < 1.29 is 0 Å². The second-order valence-electron chi connectivity index (χ2n) is 6.87. The van der Waals surface area contributed by atoms with Gasteiger partial charge in [-0.05, 0) is 62.5 Å². The summed E-state index contributed by atoms with van der Waals surface area (Å²) in [6.07, 6.45) is 4.00. The number of benzene rings is 2. The van der Waals surface area contributed by atoms with Crippen LogP contribution in [0.2, 0.25) is 0 Å². The molecule has 1 aliphatic heterocycles. The summed E-state index contributed by atoms with van der Waals surface area (Å²) in [5, 5.41) is 3.81. The minimum absolute atomic E-state index is 0.295. The van der Waals surface area contributed by atoms with Gasteiger partial charge in [-0.1, -0.05) is 95.3 Å². The Morgan fingerprint density at radius 2 is 1.29 bits per heavy atom. The second kappa shape index (κ2) is 15.3. The molecule has 0 spiro atoms. The van der Waals surface area contributed by atoms with Gasteiger partial charge in [-0.25, -0.2) is 0 Å². The molecule has 1 fully saturated rings. The van der Waals surface area contributed by atoms with Crippen LogP contribution in [0.4, 0.5) is 0 Å². The first-order valence-corrected chi connectivity index (χ1v) is 11.4. The summed E-state index contributed by atoms with van der Waals surface area (Å²) in [4.78, 5) is 2.57. The van der Waals surface area contributed by atoms with Gasteiger partial charge in [0.2, 0.25) is 0 Å². The highest BCUT2D eigenvalue weighted by Gasteiger charge is 2.19. The zero-order valence-electron chi connectivity index (χ0n) is 18.8. The number of piperidine rings is 1. The van der Waals surface area contributed by atoms with E-state index in [2.05, 4.69) is 77.8 Å². The summed E-state index contributed by atoms with van der Waals surface area (Å²) in [6, 6.07) is 21.9. The number of hydrogen-bond donors (Lipinski definition) is 1. The van der Waals surface area contributed by atoms with E-state index in [1.54, 1.807) is 0 Å². The minimum Gasteiger partial charge on any atom is -0.306 e. The topological polar surface area (TPSA) is 15.3 Å². The third kappa shape index (κ3) is 8.16. The van der Waals surface area contributed by atoms with Crippen molar-refractivity contribution >= 4 is 0 Å². The van der Waals surface area contributed by atoms with Gasteiger partial charge in [-0.3, -0.25) is 0 Å². The van der Waals surface area contributed by atoms with Crippen LogP contribution in [-0.2, 0) is 0 Å². The van der Waals surface area contributed by atoms with Gasteiger partial charge in [-0.2, -0.15) is 0 Å². The van der Waals surface area contributed by atoms with E-state index in [9.17, 15) is 0 Å². The molecule has 1 saturated heterocycles. The van der Waals surface area contributed by atoms with Crippen molar-refractivity contribution in [1.82, 2.24) is 10.2 Å². The van der Waals surface area contributed by atoms with E-state index in [1.165, 1.54) is 50.0 Å². The third-order valence-corrected chi connectivity index (χ3v) is 5.32. The smallest absolute Gasteiger partial charge is 0.0576 e. The van der Waals surface area contributed by atoms with Crippen LogP contribution in [0.5, 0.6) is 0 Å². The van der Waals surface area contributed by atoms with Crippen LogP contribution < -0.4 is 5.32 Å². The molecule has 0 aromatic heterocycles. The molecule has 0 atom stereocenters. The summed E-state index contributed by atoms with van der Waals surface area (Å²) in [5.41, 5.74) is 2.70. The van der Waals surface area contributed by atoms with E-state index in [4.69, 9.17) is 0 Å². The molecule has 0 amide bonds. The van der Waals surface area contributed by atoms with Gasteiger partial charge in [0.05, 0.1) is 6.04 Å². The molecule has 2 aromatic rings. The Hall–Kier alpha value is -1.64. The second-order valence-corrected chi connectivity index (χ2v) is 6.87. The predicted molar refractivity (Wildman–Crippen MR) is 125 cm³/mol. The van der Waals surface area contributed by atoms with E-state index in [0.717, 1.165) is 12.5 Å². The van der Waals surface area contributed by atoms with Crippen molar-refractivity contribution in [2.45, 2.75) is 59.9 Å². The van der Waals surface area contributed by atoms with Crippen molar-refractivity contribution in [3.8, 4) is 0 Å². The Bertz CT molecular complexity index is 534. The number of nitrogens with zero attached hydrogens (tertiary/aromatic N) is 1. The predicted octanol–water partition coefficient (Wildman–Crippen LogP) is 6.54. The van der Waals surface area contributed by atoms with Crippen molar-refractivity contribution in [3.63, 3.8) is 0 Å². The third-order valence-electron chi connectivity index (χ3n) is 5.32. The number of hydrogen-bond acceptors (Lipinski definition) is 2. The molecule has 1 heterocycles. The highest BCUT2D eigenvalue weighted by atomic mass is 15.1. The fraction of sp³-hybridized carbons (Fsp3) is 0.538. The van der Waals surface area contributed by atoms with Crippen molar-refractivity contribution in [3.05, 3.63) is 71.8 Å². The van der Waals surface area contributed by atoms with Crippen molar-refractivity contribution in [2.24, 2.45) is 5.92 Å². The molecule has 2 aromatic carbocycles. The van der Waals surface area contributed by atoms with Crippen LogP contribution in [0.1, 0.15) is 71.0 Å². The quantitative estimate of drug-likeness (QED) is 0.585. The largest absolute Gasteiger partial charge is 0.306 e. The maximum absolute atomic E-state index is 3.81. The van der Waals surface area contributed by atoms with E-state index in [-0.39, 0.29) is 0 Å². The SMILES string of the molecule is CC.CC.CCN1CCC(CCNC(c2ccccc2)c2ccccc2)CC1. The van der Waals surface area contributed by atoms with Crippen molar-refractivity contribution in [2.75, 3.05) is 26.2 Å². The molecular formula is C26H42N2. The van der Waals surface area contributed by atoms with Gasteiger partial charge in [0.25, 0.3) is 0 Å². The Labute approximate surface area is 174 Å². The molecule has 3 rings (SSSR count). The summed E-state index contributed by atoms with van der Waals surface area (Å²) in [7, 11) is 0. The van der Waals surface area contributed by atoms with Crippen LogP contribution in [0.3, 0.4) is 0 Å². The zero-order chi connectivity index (χ0) is 20.6. The van der Waals surface area contributed by atoms with E-state index >= 15 is 0 Å². The van der Waals surface area contributed by atoms with Crippen LogP contribution in [0.25, 0.3) is 0 Å². The molecule has 0 saturated carbocycles. The lowest BCUT2D eigenvalue weighted by atomic mass is 9.93. The van der Waals surface area contributed by atoms with Gasteiger partial charge in [0.15, 0.2) is 0 Å². The Morgan fingerprint density at radius 3 is 1.71 bits per heavy atom. The highest BCUT2D eigenvalue weighted by Crippen LogP contribution is 2.23. The van der Waals surface area contributed by atoms with Gasteiger partial charge in [-0.15, -0.1) is 0 Å². The molecule has 2 nitrogen and oxygen atoms in total. The Morgan fingerprint density at radius 1 is 0.821 bits per heavy atom. The summed E-state index contributed by atoms with van der Waals surface area (Å²) >= 11 is 0. The molecule has 1 N–H and O–H groups in total. The lowest BCUT2D eigenvalue weighted by Gasteiger charge is -2.31. The number of rotatable bonds is 7.